The molecule has 10 heteroatoms. The summed E-state index contributed by atoms with van der Waals surface area (Å²) < 4.78 is 129. The van der Waals surface area contributed by atoms with Gasteiger partial charge < -0.3 is 4.74 Å². The molecule has 2 aromatic rings. The zero-order valence-electron chi connectivity index (χ0n) is 11.6. The number of hydrogen-bond donors (Lipinski definition) is 0. The molecule has 0 bridgehead atoms. The number of alkyl halides is 2. The second-order valence-corrected chi connectivity index (χ2v) is 4.89. The maximum absolute atomic E-state index is 14.5. The molecule has 2 aromatic carbocycles. The van der Waals surface area contributed by atoms with Gasteiger partial charge in [-0.15, -0.1) is 0 Å². The van der Waals surface area contributed by atoms with Crippen molar-refractivity contribution < 1.29 is 44.3 Å². The molecule has 0 N–H and O–H groups in total. The van der Waals surface area contributed by atoms with Crippen molar-refractivity contribution >= 4 is 0 Å². The third kappa shape index (κ3) is 1.93. The van der Waals surface area contributed by atoms with E-state index in [2.05, 4.69) is 11.3 Å². The standard InChI is InChI=1S/C15H3F9O/c1-2-25-14-6-4(8(17)11(20)13(14)22)3-5(15(6,23)24)9(18)12(21)10(19)7(3)16/h2H,1H2. The van der Waals surface area contributed by atoms with Crippen molar-refractivity contribution in [3.8, 4) is 16.9 Å². The molecule has 0 aliphatic heterocycles. The van der Waals surface area contributed by atoms with Gasteiger partial charge in [0.05, 0.1) is 17.4 Å². The van der Waals surface area contributed by atoms with Crippen LogP contribution in [0, 0.1) is 40.7 Å². The van der Waals surface area contributed by atoms with Gasteiger partial charge in [0.25, 0.3) is 0 Å². The van der Waals surface area contributed by atoms with Crippen molar-refractivity contribution in [2.75, 3.05) is 0 Å². The number of halogens is 9. The molecule has 0 fully saturated rings. The SMILES string of the molecule is C=COc1c(F)c(F)c(F)c2c1C(F)(F)c1c(F)c(F)c(F)c(F)c1-2. The minimum atomic E-state index is -4.75. The third-order valence-electron chi connectivity index (χ3n) is 3.63. The Kier molecular flexibility index (Phi) is 3.55. The van der Waals surface area contributed by atoms with E-state index in [1.807, 2.05) is 0 Å². The monoisotopic (exact) mass is 370 g/mol. The molecule has 0 aromatic heterocycles. The summed E-state index contributed by atoms with van der Waals surface area (Å²) in [7, 11) is 0. The smallest absolute Gasteiger partial charge is 0.306 e. The normalized spacial score (nSPS) is 14.3. The van der Waals surface area contributed by atoms with Crippen molar-refractivity contribution in [3.05, 3.63) is 64.7 Å². The van der Waals surface area contributed by atoms with Gasteiger partial charge in [-0.3, -0.25) is 0 Å². The summed E-state index contributed by atoms with van der Waals surface area (Å²) in [5.74, 6) is -23.3. The highest BCUT2D eigenvalue weighted by atomic mass is 19.3. The summed E-state index contributed by atoms with van der Waals surface area (Å²) in [4.78, 5) is 0. The molecule has 0 atom stereocenters. The molecule has 0 saturated carbocycles. The van der Waals surface area contributed by atoms with Crippen LogP contribution in [0.5, 0.6) is 5.75 Å². The van der Waals surface area contributed by atoms with Gasteiger partial charge in [-0.25, -0.2) is 26.3 Å². The predicted molar refractivity (Wildman–Crippen MR) is 65.4 cm³/mol. The van der Waals surface area contributed by atoms with Crippen molar-refractivity contribution in [3.63, 3.8) is 0 Å². The van der Waals surface area contributed by atoms with E-state index < -0.39 is 74.6 Å². The quantitative estimate of drug-likeness (QED) is 0.302. The molecule has 132 valence electrons. The van der Waals surface area contributed by atoms with Gasteiger partial charge in [0, 0.05) is 11.1 Å². The molecule has 0 saturated heterocycles. The van der Waals surface area contributed by atoms with Crippen LogP contribution in [-0.2, 0) is 5.92 Å². The number of fused-ring (bicyclic) bond motifs is 3. The van der Waals surface area contributed by atoms with E-state index in [0.29, 0.717) is 6.26 Å². The predicted octanol–water partition coefficient (Wildman–Crippen LogP) is 5.30. The molecule has 0 radical (unpaired) electrons. The minimum absolute atomic E-state index is 0.364. The Hall–Kier alpha value is -2.65. The van der Waals surface area contributed by atoms with Crippen LogP contribution in [0.1, 0.15) is 11.1 Å². The lowest BCUT2D eigenvalue weighted by Crippen LogP contribution is -2.17. The van der Waals surface area contributed by atoms with Gasteiger partial charge in [0.1, 0.15) is 0 Å². The second-order valence-electron chi connectivity index (χ2n) is 4.89. The number of benzene rings is 2. The van der Waals surface area contributed by atoms with Crippen molar-refractivity contribution in [1.82, 2.24) is 0 Å². The molecule has 1 aliphatic carbocycles. The summed E-state index contributed by atoms with van der Waals surface area (Å²) in [5.41, 5.74) is -7.36. The molecule has 0 unspecified atom stereocenters. The summed E-state index contributed by atoms with van der Waals surface area (Å²) >= 11 is 0. The Balaban J connectivity index is 2.61. The topological polar surface area (TPSA) is 9.23 Å². The molecule has 25 heavy (non-hydrogen) atoms. The van der Waals surface area contributed by atoms with Gasteiger partial charge >= 0.3 is 5.92 Å². The summed E-state index contributed by atoms with van der Waals surface area (Å²) in [6.07, 6.45) is 0.364. The van der Waals surface area contributed by atoms with Gasteiger partial charge in [0.15, 0.2) is 40.7 Å². The number of ether oxygens (including phenoxy) is 1. The highest BCUT2D eigenvalue weighted by Gasteiger charge is 2.55. The number of hydrogen-bond acceptors (Lipinski definition) is 1. The zero-order valence-corrected chi connectivity index (χ0v) is 11.6. The maximum Gasteiger partial charge on any atom is 0.306 e. The zero-order chi connectivity index (χ0) is 18.8. The Bertz CT molecular complexity index is 949. The minimum Gasteiger partial charge on any atom is -0.462 e. The molecule has 1 aliphatic rings. The van der Waals surface area contributed by atoms with Crippen molar-refractivity contribution in [1.29, 1.82) is 0 Å². The average molecular weight is 370 g/mol. The van der Waals surface area contributed by atoms with E-state index in [0.717, 1.165) is 0 Å². The van der Waals surface area contributed by atoms with Crippen LogP contribution < -0.4 is 4.74 Å². The van der Waals surface area contributed by atoms with Gasteiger partial charge in [-0.05, 0) is 0 Å². The fourth-order valence-electron chi connectivity index (χ4n) is 2.65. The van der Waals surface area contributed by atoms with E-state index >= 15 is 0 Å². The van der Waals surface area contributed by atoms with Crippen molar-refractivity contribution in [2.24, 2.45) is 0 Å². The second kappa shape index (κ2) is 5.17. The molecular formula is C15H3F9O. The first kappa shape index (κ1) is 17.2. The highest BCUT2D eigenvalue weighted by Crippen LogP contribution is 2.58. The van der Waals surface area contributed by atoms with E-state index in [-0.39, 0.29) is 0 Å². The Morgan fingerprint density at radius 1 is 0.640 bits per heavy atom. The first-order valence-electron chi connectivity index (χ1n) is 6.30. The molecular weight excluding hydrogens is 367 g/mol. The average Bonchev–Trinajstić information content (AvgIpc) is 2.80. The number of rotatable bonds is 2. The van der Waals surface area contributed by atoms with Crippen LogP contribution in [0.3, 0.4) is 0 Å². The van der Waals surface area contributed by atoms with E-state index in [4.69, 9.17) is 0 Å². The van der Waals surface area contributed by atoms with Gasteiger partial charge in [-0.1, -0.05) is 6.58 Å². The van der Waals surface area contributed by atoms with Crippen LogP contribution in [0.25, 0.3) is 11.1 Å². The first-order valence-corrected chi connectivity index (χ1v) is 6.30. The van der Waals surface area contributed by atoms with E-state index in [9.17, 15) is 39.5 Å². The largest absolute Gasteiger partial charge is 0.462 e. The lowest BCUT2D eigenvalue weighted by Gasteiger charge is -2.17. The van der Waals surface area contributed by atoms with Crippen molar-refractivity contribution in [2.45, 2.75) is 5.92 Å². The Morgan fingerprint density at radius 2 is 1.08 bits per heavy atom. The molecule has 0 heterocycles. The molecule has 0 amide bonds. The summed E-state index contributed by atoms with van der Waals surface area (Å²) in [6, 6.07) is 0. The Morgan fingerprint density at radius 3 is 1.60 bits per heavy atom. The van der Waals surface area contributed by atoms with Crippen LogP contribution in [0.2, 0.25) is 0 Å². The third-order valence-corrected chi connectivity index (χ3v) is 3.63. The van der Waals surface area contributed by atoms with Gasteiger partial charge in [0.2, 0.25) is 5.82 Å². The molecule has 3 rings (SSSR count). The highest BCUT2D eigenvalue weighted by molar-refractivity contribution is 5.83. The fraction of sp³-hybridized carbons (Fsp3) is 0.0667. The van der Waals surface area contributed by atoms with Crippen LogP contribution in [0.4, 0.5) is 39.5 Å². The van der Waals surface area contributed by atoms with Crippen LogP contribution in [-0.4, -0.2) is 0 Å². The van der Waals surface area contributed by atoms with E-state index in [1.54, 1.807) is 0 Å². The van der Waals surface area contributed by atoms with Gasteiger partial charge in [-0.2, -0.15) is 13.2 Å². The lowest BCUT2D eigenvalue weighted by molar-refractivity contribution is 0.0400. The first-order chi connectivity index (χ1) is 11.6. The lowest BCUT2D eigenvalue weighted by atomic mass is 10.0. The molecule has 1 nitrogen and oxygen atoms in total. The Labute approximate surface area is 132 Å². The van der Waals surface area contributed by atoms with E-state index in [1.165, 1.54) is 0 Å². The molecule has 0 spiro atoms. The van der Waals surface area contributed by atoms with Crippen LogP contribution >= 0.6 is 0 Å². The summed E-state index contributed by atoms with van der Waals surface area (Å²) in [5, 5.41) is 0. The van der Waals surface area contributed by atoms with Crippen LogP contribution in [0.15, 0.2) is 12.8 Å². The maximum atomic E-state index is 14.5. The summed E-state index contributed by atoms with van der Waals surface area (Å²) in [6.45, 7) is 2.92. The fourth-order valence-corrected chi connectivity index (χ4v) is 2.65.